The van der Waals surface area contributed by atoms with Crippen molar-refractivity contribution in [1.29, 1.82) is 0 Å². The number of urea groups is 1. The van der Waals surface area contributed by atoms with Crippen molar-refractivity contribution < 1.29 is 32.2 Å². The Morgan fingerprint density at radius 2 is 1.93 bits per heavy atom. The number of rotatable bonds is 3. The maximum atomic E-state index is 13.0. The Kier molecular flexibility index (Phi) is 4.33. The average Bonchev–Trinajstić information content (AvgIpc) is 3.09. The van der Waals surface area contributed by atoms with Crippen LogP contribution in [0.3, 0.4) is 0 Å². The summed E-state index contributed by atoms with van der Waals surface area (Å²) in [7, 11) is 1.65. The Labute approximate surface area is 159 Å². The smallest absolute Gasteiger partial charge is 0.422 e. The lowest BCUT2D eigenvalue weighted by Gasteiger charge is -2.46. The van der Waals surface area contributed by atoms with Crippen LogP contribution in [0.15, 0.2) is 18.2 Å². The third-order valence-corrected chi connectivity index (χ3v) is 6.30. The number of nitrogens with one attached hydrogen (secondary N) is 2. The van der Waals surface area contributed by atoms with Gasteiger partial charge in [-0.05, 0) is 55.4 Å². The van der Waals surface area contributed by atoms with Crippen molar-refractivity contribution in [1.82, 2.24) is 10.6 Å². The molecule has 2 spiro atoms. The summed E-state index contributed by atoms with van der Waals surface area (Å²) in [5.74, 6) is -0.438. The van der Waals surface area contributed by atoms with E-state index >= 15 is 0 Å². The highest BCUT2D eigenvalue weighted by Gasteiger charge is 2.66. The van der Waals surface area contributed by atoms with Crippen molar-refractivity contribution in [3.05, 3.63) is 29.3 Å². The van der Waals surface area contributed by atoms with E-state index in [2.05, 4.69) is 10.6 Å². The summed E-state index contributed by atoms with van der Waals surface area (Å²) in [6.45, 7) is -1.42. The number of alkyl halides is 3. The standard InChI is InChI=1S/C19H21F3N2O4/c1-27-12-4-6-17(7-5-12)9-11-2-3-13(28-10-18(20,21)22)8-14(11)19(17)15(25)23-16(26)24-19/h2-3,8,12H,4-7,9-10H2,1H3,(H2,23,24,25,26). The SMILES string of the molecule is COC1CCC2(CC1)Cc1ccc(OCC(F)(F)F)cc1C21NC(=O)NC1=O. The summed E-state index contributed by atoms with van der Waals surface area (Å²) < 4.78 is 47.9. The van der Waals surface area contributed by atoms with E-state index in [1.54, 1.807) is 13.2 Å². The highest BCUT2D eigenvalue weighted by molar-refractivity contribution is 6.08. The van der Waals surface area contributed by atoms with Crippen molar-refractivity contribution in [2.24, 2.45) is 5.41 Å². The van der Waals surface area contributed by atoms with Crippen LogP contribution in [0.4, 0.5) is 18.0 Å². The van der Waals surface area contributed by atoms with Crippen molar-refractivity contribution in [3.63, 3.8) is 0 Å². The van der Waals surface area contributed by atoms with E-state index in [9.17, 15) is 22.8 Å². The zero-order chi connectivity index (χ0) is 20.2. The van der Waals surface area contributed by atoms with Crippen LogP contribution >= 0.6 is 0 Å². The molecule has 0 aromatic heterocycles. The number of carbonyl (C=O) groups is 2. The van der Waals surface area contributed by atoms with Crippen LogP contribution in [0.5, 0.6) is 5.75 Å². The number of benzene rings is 1. The van der Waals surface area contributed by atoms with Gasteiger partial charge in [0.15, 0.2) is 12.1 Å². The van der Waals surface area contributed by atoms with Gasteiger partial charge in [0.1, 0.15) is 5.75 Å². The number of imide groups is 1. The van der Waals surface area contributed by atoms with E-state index in [-0.39, 0.29) is 11.9 Å². The van der Waals surface area contributed by atoms with E-state index in [0.29, 0.717) is 24.8 Å². The second-order valence-corrected chi connectivity index (χ2v) is 7.77. The van der Waals surface area contributed by atoms with E-state index in [1.807, 2.05) is 0 Å². The second kappa shape index (κ2) is 6.37. The van der Waals surface area contributed by atoms with E-state index in [1.165, 1.54) is 12.1 Å². The largest absolute Gasteiger partial charge is 0.484 e. The number of ether oxygens (including phenoxy) is 2. The monoisotopic (exact) mass is 398 g/mol. The van der Waals surface area contributed by atoms with Gasteiger partial charge in [-0.1, -0.05) is 6.07 Å². The van der Waals surface area contributed by atoms with Crippen LogP contribution < -0.4 is 15.4 Å². The molecule has 1 aromatic rings. The number of halogens is 3. The van der Waals surface area contributed by atoms with Gasteiger partial charge in [0.25, 0.3) is 5.91 Å². The average molecular weight is 398 g/mol. The Balaban J connectivity index is 1.74. The first-order valence-corrected chi connectivity index (χ1v) is 9.18. The fraction of sp³-hybridized carbons (Fsp3) is 0.579. The quantitative estimate of drug-likeness (QED) is 0.768. The number of methoxy groups -OCH3 is 1. The fourth-order valence-corrected chi connectivity index (χ4v) is 5.05. The third kappa shape index (κ3) is 2.83. The zero-order valence-corrected chi connectivity index (χ0v) is 15.3. The van der Waals surface area contributed by atoms with Crippen molar-refractivity contribution in [2.45, 2.75) is 49.9 Å². The van der Waals surface area contributed by atoms with Crippen molar-refractivity contribution in [3.8, 4) is 5.75 Å². The van der Waals surface area contributed by atoms with Gasteiger partial charge in [-0.2, -0.15) is 13.2 Å². The Hall–Kier alpha value is -2.29. The first-order chi connectivity index (χ1) is 13.2. The van der Waals surface area contributed by atoms with Crippen LogP contribution in [-0.4, -0.2) is 37.9 Å². The lowest BCUT2D eigenvalue weighted by Crippen LogP contribution is -2.56. The zero-order valence-electron chi connectivity index (χ0n) is 15.3. The molecular formula is C19H21F3N2O4. The third-order valence-electron chi connectivity index (χ3n) is 6.30. The molecule has 1 aromatic carbocycles. The van der Waals surface area contributed by atoms with Gasteiger partial charge in [-0.25, -0.2) is 4.79 Å². The molecule has 152 valence electrons. The molecule has 28 heavy (non-hydrogen) atoms. The van der Waals surface area contributed by atoms with Gasteiger partial charge < -0.3 is 14.8 Å². The van der Waals surface area contributed by atoms with Gasteiger partial charge in [-0.3, -0.25) is 10.1 Å². The molecule has 1 atom stereocenters. The molecule has 1 heterocycles. The Morgan fingerprint density at radius 3 is 2.50 bits per heavy atom. The molecule has 2 N–H and O–H groups in total. The van der Waals surface area contributed by atoms with Crippen LogP contribution in [0, 0.1) is 5.41 Å². The van der Waals surface area contributed by atoms with Crippen LogP contribution in [0.1, 0.15) is 36.8 Å². The maximum Gasteiger partial charge on any atom is 0.422 e. The predicted octanol–water partition coefficient (Wildman–Crippen LogP) is 2.79. The van der Waals surface area contributed by atoms with Gasteiger partial charge in [0.05, 0.1) is 6.10 Å². The van der Waals surface area contributed by atoms with Crippen LogP contribution in [0.25, 0.3) is 0 Å². The minimum absolute atomic E-state index is 0.0204. The summed E-state index contributed by atoms with van der Waals surface area (Å²) in [6, 6.07) is 4.04. The van der Waals surface area contributed by atoms with Crippen LogP contribution in [0.2, 0.25) is 0 Å². The van der Waals surface area contributed by atoms with Crippen molar-refractivity contribution in [2.75, 3.05) is 13.7 Å². The fourth-order valence-electron chi connectivity index (χ4n) is 5.05. The maximum absolute atomic E-state index is 13.0. The minimum atomic E-state index is -4.46. The van der Waals surface area contributed by atoms with Gasteiger partial charge in [0.2, 0.25) is 0 Å². The Bertz CT molecular complexity index is 818. The highest BCUT2D eigenvalue weighted by Crippen LogP contribution is 2.59. The molecule has 3 amide bonds. The van der Waals surface area contributed by atoms with Crippen LogP contribution in [-0.2, 0) is 21.5 Å². The second-order valence-electron chi connectivity index (χ2n) is 7.77. The van der Waals surface area contributed by atoms with Gasteiger partial charge in [0, 0.05) is 12.5 Å². The first kappa shape index (κ1) is 19.0. The van der Waals surface area contributed by atoms with E-state index in [0.717, 1.165) is 18.4 Å². The first-order valence-electron chi connectivity index (χ1n) is 9.18. The highest BCUT2D eigenvalue weighted by atomic mass is 19.4. The normalized spacial score (nSPS) is 31.8. The summed E-state index contributed by atoms with van der Waals surface area (Å²) in [6.07, 6.45) is -1.00. The summed E-state index contributed by atoms with van der Waals surface area (Å²) in [5.41, 5.74) is -0.474. The lowest BCUT2D eigenvalue weighted by atomic mass is 9.61. The molecule has 1 aliphatic heterocycles. The van der Waals surface area contributed by atoms with Gasteiger partial charge >= 0.3 is 12.2 Å². The molecule has 6 nitrogen and oxygen atoms in total. The molecule has 2 fully saturated rings. The summed E-state index contributed by atoms with van der Waals surface area (Å²) >= 11 is 0. The number of amides is 3. The van der Waals surface area contributed by atoms with Gasteiger partial charge in [-0.15, -0.1) is 0 Å². The molecule has 1 saturated heterocycles. The molecule has 2 aliphatic carbocycles. The predicted molar refractivity (Wildman–Crippen MR) is 91.7 cm³/mol. The number of fused-ring (bicyclic) bond motifs is 3. The lowest BCUT2D eigenvalue weighted by molar-refractivity contribution is -0.153. The van der Waals surface area contributed by atoms with E-state index < -0.39 is 35.7 Å². The molecule has 1 saturated carbocycles. The molecular weight excluding hydrogens is 377 g/mol. The molecule has 9 heteroatoms. The van der Waals surface area contributed by atoms with Crippen molar-refractivity contribution >= 4 is 11.9 Å². The summed E-state index contributed by atoms with van der Waals surface area (Å²) in [5, 5.41) is 5.13. The molecule has 1 unspecified atom stereocenters. The number of carbonyl (C=O) groups excluding carboxylic acids is 2. The van der Waals surface area contributed by atoms with E-state index in [4.69, 9.17) is 9.47 Å². The minimum Gasteiger partial charge on any atom is -0.484 e. The molecule has 0 radical (unpaired) electrons. The summed E-state index contributed by atoms with van der Waals surface area (Å²) in [4.78, 5) is 25.0. The number of hydrogen-bond acceptors (Lipinski definition) is 4. The molecule has 3 aliphatic rings. The Morgan fingerprint density at radius 1 is 1.21 bits per heavy atom. The molecule has 0 bridgehead atoms. The number of hydrogen-bond donors (Lipinski definition) is 2. The molecule has 4 rings (SSSR count). The topological polar surface area (TPSA) is 76.7 Å².